The molecule has 2 aromatic rings. The molecular formula is C16H18N2O2S. The summed E-state index contributed by atoms with van der Waals surface area (Å²) < 4.78 is 26.6. The van der Waals surface area contributed by atoms with Gasteiger partial charge in [0.05, 0.1) is 11.4 Å². The number of benzene rings is 2. The zero-order valence-corrected chi connectivity index (χ0v) is 12.5. The van der Waals surface area contributed by atoms with Crippen LogP contribution in [0.2, 0.25) is 0 Å². The molecule has 1 aliphatic heterocycles. The van der Waals surface area contributed by atoms with E-state index in [1.807, 2.05) is 36.4 Å². The van der Waals surface area contributed by atoms with Crippen LogP contribution in [-0.4, -0.2) is 20.7 Å². The lowest BCUT2D eigenvalue weighted by Gasteiger charge is -2.19. The number of nitrogens with zero attached hydrogens (tertiary/aromatic N) is 1. The number of hydrogen-bond acceptors (Lipinski definition) is 3. The number of hydrogen-bond donors (Lipinski definition) is 1. The molecule has 2 aromatic carbocycles. The topological polar surface area (TPSA) is 63.4 Å². The van der Waals surface area contributed by atoms with Crippen LogP contribution in [0.15, 0.2) is 48.5 Å². The fourth-order valence-electron chi connectivity index (χ4n) is 2.68. The van der Waals surface area contributed by atoms with Gasteiger partial charge in [-0.1, -0.05) is 30.3 Å². The second-order valence-electron chi connectivity index (χ2n) is 5.26. The first-order valence-corrected chi connectivity index (χ1v) is 8.60. The third kappa shape index (κ3) is 2.88. The summed E-state index contributed by atoms with van der Waals surface area (Å²) in [5.74, 6) is 0.126. The second kappa shape index (κ2) is 5.41. The SMILES string of the molecule is Nc1ccc2c(c1)CCN2S(=O)(=O)CCc1ccccc1. The summed E-state index contributed by atoms with van der Waals surface area (Å²) in [4.78, 5) is 0. The van der Waals surface area contributed by atoms with Crippen molar-refractivity contribution < 1.29 is 8.42 Å². The first-order valence-electron chi connectivity index (χ1n) is 6.99. The van der Waals surface area contributed by atoms with Gasteiger partial charge in [-0.25, -0.2) is 8.42 Å². The lowest BCUT2D eigenvalue weighted by molar-refractivity contribution is 0.591. The number of fused-ring (bicyclic) bond motifs is 1. The molecule has 21 heavy (non-hydrogen) atoms. The van der Waals surface area contributed by atoms with Gasteiger partial charge < -0.3 is 5.73 Å². The van der Waals surface area contributed by atoms with E-state index >= 15 is 0 Å². The molecule has 0 bridgehead atoms. The molecule has 0 saturated carbocycles. The van der Waals surface area contributed by atoms with Crippen molar-refractivity contribution in [3.8, 4) is 0 Å². The summed E-state index contributed by atoms with van der Waals surface area (Å²) in [5, 5.41) is 0. The summed E-state index contributed by atoms with van der Waals surface area (Å²) in [6.45, 7) is 0.510. The van der Waals surface area contributed by atoms with Crippen molar-refractivity contribution in [2.24, 2.45) is 0 Å². The lowest BCUT2D eigenvalue weighted by atomic mass is 10.1. The zero-order valence-electron chi connectivity index (χ0n) is 11.7. The van der Waals surface area contributed by atoms with Crippen LogP contribution in [0.5, 0.6) is 0 Å². The molecule has 0 saturated heterocycles. The van der Waals surface area contributed by atoms with E-state index in [0.717, 1.165) is 23.2 Å². The van der Waals surface area contributed by atoms with Crippen molar-refractivity contribution in [1.29, 1.82) is 0 Å². The number of aryl methyl sites for hydroxylation is 1. The van der Waals surface area contributed by atoms with Crippen LogP contribution in [0.4, 0.5) is 11.4 Å². The third-order valence-electron chi connectivity index (χ3n) is 3.78. The molecule has 0 unspecified atom stereocenters. The van der Waals surface area contributed by atoms with Crippen LogP contribution in [0.3, 0.4) is 0 Å². The van der Waals surface area contributed by atoms with Crippen LogP contribution in [0.25, 0.3) is 0 Å². The highest BCUT2D eigenvalue weighted by atomic mass is 32.2. The molecule has 0 spiro atoms. The molecule has 1 heterocycles. The van der Waals surface area contributed by atoms with Crippen molar-refractivity contribution in [1.82, 2.24) is 0 Å². The minimum absolute atomic E-state index is 0.126. The van der Waals surface area contributed by atoms with Gasteiger partial charge in [-0.2, -0.15) is 0 Å². The maximum atomic E-state index is 12.5. The van der Waals surface area contributed by atoms with E-state index in [1.54, 1.807) is 12.1 Å². The van der Waals surface area contributed by atoms with E-state index in [-0.39, 0.29) is 5.75 Å². The van der Waals surface area contributed by atoms with Crippen LogP contribution in [0, 0.1) is 0 Å². The Bertz CT molecular complexity index is 742. The summed E-state index contributed by atoms with van der Waals surface area (Å²) in [6.07, 6.45) is 1.26. The molecule has 5 heteroatoms. The van der Waals surface area contributed by atoms with E-state index < -0.39 is 10.0 Å². The van der Waals surface area contributed by atoms with Gasteiger partial charge in [0.1, 0.15) is 0 Å². The Kier molecular flexibility index (Phi) is 3.59. The normalized spacial score (nSPS) is 14.2. The number of sulfonamides is 1. The van der Waals surface area contributed by atoms with Gasteiger partial charge in [0.15, 0.2) is 0 Å². The Balaban J connectivity index is 1.78. The molecule has 4 nitrogen and oxygen atoms in total. The molecular weight excluding hydrogens is 284 g/mol. The van der Waals surface area contributed by atoms with Crippen molar-refractivity contribution in [3.63, 3.8) is 0 Å². The first kappa shape index (κ1) is 13.9. The Labute approximate surface area is 125 Å². The summed E-state index contributed by atoms with van der Waals surface area (Å²) >= 11 is 0. The highest BCUT2D eigenvalue weighted by molar-refractivity contribution is 7.92. The summed E-state index contributed by atoms with van der Waals surface area (Å²) in [7, 11) is -3.29. The standard InChI is InChI=1S/C16H18N2O2S/c17-15-6-7-16-14(12-15)8-10-18(16)21(19,20)11-9-13-4-2-1-3-5-13/h1-7,12H,8-11,17H2. The minimum atomic E-state index is -3.29. The van der Waals surface area contributed by atoms with Gasteiger partial charge in [-0.3, -0.25) is 4.31 Å². The molecule has 110 valence electrons. The second-order valence-corrected chi connectivity index (χ2v) is 7.27. The lowest BCUT2D eigenvalue weighted by Crippen LogP contribution is -2.32. The average molecular weight is 302 g/mol. The van der Waals surface area contributed by atoms with E-state index in [2.05, 4.69) is 0 Å². The van der Waals surface area contributed by atoms with Crippen LogP contribution in [-0.2, 0) is 22.9 Å². The van der Waals surface area contributed by atoms with Crippen molar-refractivity contribution in [2.45, 2.75) is 12.8 Å². The molecule has 1 aliphatic rings. The van der Waals surface area contributed by atoms with E-state index in [4.69, 9.17) is 5.73 Å². The highest BCUT2D eigenvalue weighted by Gasteiger charge is 2.28. The maximum absolute atomic E-state index is 12.5. The van der Waals surface area contributed by atoms with Crippen LogP contribution >= 0.6 is 0 Å². The minimum Gasteiger partial charge on any atom is -0.399 e. The van der Waals surface area contributed by atoms with Crippen LogP contribution in [0.1, 0.15) is 11.1 Å². The van der Waals surface area contributed by atoms with Gasteiger partial charge in [0, 0.05) is 12.2 Å². The van der Waals surface area contributed by atoms with E-state index in [1.165, 1.54) is 4.31 Å². The molecule has 2 N–H and O–H groups in total. The van der Waals surface area contributed by atoms with Crippen molar-refractivity contribution in [3.05, 3.63) is 59.7 Å². The fourth-order valence-corrected chi connectivity index (χ4v) is 4.24. The highest BCUT2D eigenvalue weighted by Crippen LogP contribution is 2.32. The Morgan fingerprint density at radius 2 is 1.86 bits per heavy atom. The van der Waals surface area contributed by atoms with Gasteiger partial charge in [0.2, 0.25) is 10.0 Å². The predicted octanol–water partition coefficient (Wildman–Crippen LogP) is 2.20. The smallest absolute Gasteiger partial charge is 0.235 e. The molecule has 0 aromatic heterocycles. The monoisotopic (exact) mass is 302 g/mol. The van der Waals surface area contributed by atoms with Crippen molar-refractivity contribution >= 4 is 21.4 Å². The number of nitrogen functional groups attached to an aromatic ring is 1. The largest absolute Gasteiger partial charge is 0.399 e. The van der Waals surface area contributed by atoms with Gasteiger partial charge >= 0.3 is 0 Å². The summed E-state index contributed by atoms with van der Waals surface area (Å²) in [6, 6.07) is 15.1. The van der Waals surface area contributed by atoms with Crippen LogP contribution < -0.4 is 10.0 Å². The van der Waals surface area contributed by atoms with Gasteiger partial charge in [-0.15, -0.1) is 0 Å². The molecule has 0 aliphatic carbocycles. The molecule has 0 atom stereocenters. The van der Waals surface area contributed by atoms with E-state index in [9.17, 15) is 8.42 Å². The van der Waals surface area contributed by atoms with Crippen molar-refractivity contribution in [2.75, 3.05) is 22.3 Å². The average Bonchev–Trinajstić information content (AvgIpc) is 2.90. The number of anilines is 2. The Morgan fingerprint density at radius 3 is 2.62 bits per heavy atom. The fraction of sp³-hybridized carbons (Fsp3) is 0.250. The Hall–Kier alpha value is -2.01. The maximum Gasteiger partial charge on any atom is 0.235 e. The number of nitrogens with two attached hydrogens (primary N) is 1. The third-order valence-corrected chi connectivity index (χ3v) is 5.55. The predicted molar refractivity (Wildman–Crippen MR) is 85.8 cm³/mol. The molecule has 0 amide bonds. The zero-order chi connectivity index (χ0) is 14.9. The Morgan fingerprint density at radius 1 is 1.10 bits per heavy atom. The molecule has 3 rings (SSSR count). The van der Waals surface area contributed by atoms with Gasteiger partial charge in [-0.05, 0) is 42.2 Å². The summed E-state index contributed by atoms with van der Waals surface area (Å²) in [5.41, 5.74) is 9.26. The molecule has 0 fully saturated rings. The first-order chi connectivity index (χ1) is 10.1. The van der Waals surface area contributed by atoms with E-state index in [0.29, 0.717) is 18.7 Å². The number of rotatable bonds is 4. The molecule has 0 radical (unpaired) electrons. The quantitative estimate of drug-likeness (QED) is 0.881. The van der Waals surface area contributed by atoms with Gasteiger partial charge in [0.25, 0.3) is 0 Å².